The van der Waals surface area contributed by atoms with Gasteiger partial charge in [0.25, 0.3) is 0 Å². The van der Waals surface area contributed by atoms with Crippen LogP contribution in [0.2, 0.25) is 12.6 Å². The predicted octanol–water partition coefficient (Wildman–Crippen LogP) is 9.23. The molecule has 0 aromatic heterocycles. The van der Waals surface area contributed by atoms with E-state index in [1.54, 1.807) is 0 Å². The van der Waals surface area contributed by atoms with Crippen molar-refractivity contribution in [2.75, 3.05) is 0 Å². The molecule has 0 aliphatic heterocycles. The first-order valence-corrected chi connectivity index (χ1v) is 14.9. The molecule has 0 aliphatic carbocycles. The van der Waals surface area contributed by atoms with Crippen LogP contribution >= 0.6 is 22.7 Å². The van der Waals surface area contributed by atoms with Crippen LogP contribution in [0, 0.1) is 0 Å². The first-order valence-electron chi connectivity index (χ1n) is 10.8. The second-order valence-electron chi connectivity index (χ2n) is 7.95. The SMILES string of the molecule is CCCCCCC[Si](C)(Cl)C(Cl)(CCCCCC)CCCCCC. The molecule has 0 saturated heterocycles. The minimum atomic E-state index is -1.90. The minimum Gasteiger partial charge on any atom is -0.165 e. The van der Waals surface area contributed by atoms with Crippen LogP contribution < -0.4 is 0 Å². The van der Waals surface area contributed by atoms with Gasteiger partial charge in [0, 0.05) is 0 Å². The van der Waals surface area contributed by atoms with E-state index >= 15 is 0 Å². The Morgan fingerprint density at radius 3 is 1.42 bits per heavy atom. The summed E-state index contributed by atoms with van der Waals surface area (Å²) in [6, 6.07) is 1.20. The molecule has 1 unspecified atom stereocenters. The van der Waals surface area contributed by atoms with Crippen molar-refractivity contribution in [1.29, 1.82) is 0 Å². The second kappa shape index (κ2) is 14.9. The quantitative estimate of drug-likeness (QED) is 0.0996. The van der Waals surface area contributed by atoms with Crippen molar-refractivity contribution in [3.63, 3.8) is 0 Å². The van der Waals surface area contributed by atoms with E-state index in [2.05, 4.69) is 27.3 Å². The lowest BCUT2D eigenvalue weighted by molar-refractivity contribution is 0.517. The lowest BCUT2D eigenvalue weighted by Gasteiger charge is -2.39. The molecule has 0 aromatic rings. The monoisotopic (exact) mass is 394 g/mol. The Balaban J connectivity index is 4.53. The van der Waals surface area contributed by atoms with Gasteiger partial charge < -0.3 is 0 Å². The van der Waals surface area contributed by atoms with Crippen LogP contribution in [-0.4, -0.2) is 11.9 Å². The van der Waals surface area contributed by atoms with E-state index in [0.29, 0.717) is 0 Å². The van der Waals surface area contributed by atoms with Crippen LogP contribution in [0.4, 0.5) is 0 Å². The third kappa shape index (κ3) is 10.7. The summed E-state index contributed by atoms with van der Waals surface area (Å²) in [7, 11) is -1.90. The molecule has 24 heavy (non-hydrogen) atoms. The van der Waals surface area contributed by atoms with Crippen LogP contribution in [0.25, 0.3) is 0 Å². The van der Waals surface area contributed by atoms with Crippen molar-refractivity contribution in [2.24, 2.45) is 0 Å². The maximum atomic E-state index is 7.26. The fourth-order valence-corrected chi connectivity index (χ4v) is 7.87. The number of rotatable bonds is 17. The van der Waals surface area contributed by atoms with E-state index in [-0.39, 0.29) is 4.50 Å². The van der Waals surface area contributed by atoms with E-state index in [0.717, 1.165) is 12.8 Å². The number of hydrogen-bond donors (Lipinski definition) is 0. The Morgan fingerprint density at radius 2 is 1.00 bits per heavy atom. The van der Waals surface area contributed by atoms with Crippen LogP contribution in [0.5, 0.6) is 0 Å². The normalized spacial score (nSPS) is 14.8. The molecule has 0 nitrogen and oxygen atoms in total. The summed E-state index contributed by atoms with van der Waals surface area (Å²) in [5, 5.41) is 0. The molecule has 0 radical (unpaired) electrons. The summed E-state index contributed by atoms with van der Waals surface area (Å²) in [4.78, 5) is 0. The third-order valence-electron chi connectivity index (χ3n) is 5.54. The predicted molar refractivity (Wildman–Crippen MR) is 117 cm³/mol. The first-order chi connectivity index (χ1) is 11.4. The molecule has 0 N–H and O–H groups in total. The van der Waals surface area contributed by atoms with Gasteiger partial charge in [-0.25, -0.2) is 0 Å². The first kappa shape index (κ1) is 24.8. The molecule has 0 fully saturated rings. The van der Waals surface area contributed by atoms with Gasteiger partial charge in [-0.3, -0.25) is 0 Å². The maximum Gasteiger partial charge on any atom is 0.174 e. The highest BCUT2D eigenvalue weighted by Gasteiger charge is 2.46. The molecular weight excluding hydrogens is 351 g/mol. The van der Waals surface area contributed by atoms with E-state index in [1.807, 2.05) is 0 Å². The smallest absolute Gasteiger partial charge is 0.165 e. The number of alkyl halides is 1. The lowest BCUT2D eigenvalue weighted by atomic mass is 10.0. The van der Waals surface area contributed by atoms with Gasteiger partial charge in [-0.2, -0.15) is 11.1 Å². The van der Waals surface area contributed by atoms with Gasteiger partial charge in [-0.05, 0) is 18.9 Å². The van der Waals surface area contributed by atoms with Crippen LogP contribution in [0.1, 0.15) is 117 Å². The molecule has 0 aliphatic rings. The standard InChI is InChI=1S/C21H44Cl2Si/c1-5-8-11-14-17-20-24(4,23)21(22,18-15-12-9-6-2)19-16-13-10-7-3/h5-20H2,1-4H3. The van der Waals surface area contributed by atoms with Crippen molar-refractivity contribution in [2.45, 2.75) is 134 Å². The lowest BCUT2D eigenvalue weighted by Crippen LogP contribution is -2.48. The summed E-state index contributed by atoms with van der Waals surface area (Å²) in [6.45, 7) is 9.17. The molecule has 146 valence electrons. The number of hydrogen-bond acceptors (Lipinski definition) is 0. The Morgan fingerprint density at radius 1 is 0.625 bits per heavy atom. The summed E-state index contributed by atoms with van der Waals surface area (Å²) >= 11 is 14.4. The van der Waals surface area contributed by atoms with E-state index < -0.39 is 7.38 Å². The zero-order valence-electron chi connectivity index (χ0n) is 17.1. The molecule has 0 saturated carbocycles. The highest BCUT2D eigenvalue weighted by molar-refractivity contribution is 7.23. The van der Waals surface area contributed by atoms with Crippen molar-refractivity contribution < 1.29 is 0 Å². The zero-order chi connectivity index (χ0) is 18.3. The molecule has 1 atom stereocenters. The van der Waals surface area contributed by atoms with Gasteiger partial charge in [-0.15, -0.1) is 11.6 Å². The molecule has 0 rings (SSSR count). The molecule has 0 amide bonds. The minimum absolute atomic E-state index is 0.0825. The molecule has 0 heterocycles. The highest BCUT2D eigenvalue weighted by Crippen LogP contribution is 2.43. The fourth-order valence-electron chi connectivity index (χ4n) is 3.59. The molecule has 0 spiro atoms. The summed E-state index contributed by atoms with van der Waals surface area (Å²) in [5.74, 6) is 0. The highest BCUT2D eigenvalue weighted by atomic mass is 35.6. The van der Waals surface area contributed by atoms with Crippen molar-refractivity contribution in [3.8, 4) is 0 Å². The summed E-state index contributed by atoms with van der Waals surface area (Å²) < 4.78 is -0.0825. The van der Waals surface area contributed by atoms with Crippen molar-refractivity contribution in [3.05, 3.63) is 0 Å². The van der Waals surface area contributed by atoms with E-state index in [9.17, 15) is 0 Å². The van der Waals surface area contributed by atoms with Crippen molar-refractivity contribution in [1.82, 2.24) is 0 Å². The number of unbranched alkanes of at least 4 members (excludes halogenated alkanes) is 10. The summed E-state index contributed by atoms with van der Waals surface area (Å²) in [5.41, 5.74) is 0. The van der Waals surface area contributed by atoms with Gasteiger partial charge in [0.05, 0.1) is 4.50 Å². The Kier molecular flexibility index (Phi) is 15.4. The van der Waals surface area contributed by atoms with Crippen LogP contribution in [0.3, 0.4) is 0 Å². The molecule has 3 heteroatoms. The Labute approximate surface area is 164 Å². The Hall–Kier alpha value is 0.797. The molecule has 0 aromatic carbocycles. The average molecular weight is 396 g/mol. The van der Waals surface area contributed by atoms with Gasteiger partial charge >= 0.3 is 0 Å². The van der Waals surface area contributed by atoms with E-state index in [4.69, 9.17) is 22.7 Å². The maximum absolute atomic E-state index is 7.26. The fraction of sp³-hybridized carbons (Fsp3) is 1.00. The van der Waals surface area contributed by atoms with Crippen LogP contribution in [0.15, 0.2) is 0 Å². The Bertz CT molecular complexity index is 267. The summed E-state index contributed by atoms with van der Waals surface area (Å²) in [6.07, 6.45) is 19.3. The van der Waals surface area contributed by atoms with E-state index in [1.165, 1.54) is 89.5 Å². The largest absolute Gasteiger partial charge is 0.174 e. The van der Waals surface area contributed by atoms with Crippen LogP contribution in [-0.2, 0) is 0 Å². The van der Waals surface area contributed by atoms with Gasteiger partial charge in [0.1, 0.15) is 0 Å². The molecular formula is C21H44Cl2Si. The van der Waals surface area contributed by atoms with Gasteiger partial charge in [0.15, 0.2) is 7.38 Å². The second-order valence-corrected chi connectivity index (χ2v) is 15.3. The zero-order valence-corrected chi connectivity index (χ0v) is 19.6. The van der Waals surface area contributed by atoms with Gasteiger partial charge in [0.2, 0.25) is 0 Å². The van der Waals surface area contributed by atoms with Gasteiger partial charge in [-0.1, -0.05) is 111 Å². The molecule has 0 bridgehead atoms. The average Bonchev–Trinajstić information content (AvgIpc) is 2.55. The third-order valence-corrected chi connectivity index (χ3v) is 12.8. The van der Waals surface area contributed by atoms with Crippen molar-refractivity contribution >= 4 is 30.1 Å². The topological polar surface area (TPSA) is 0 Å². The number of halogens is 2.